The summed E-state index contributed by atoms with van der Waals surface area (Å²) >= 11 is 7.08. The Labute approximate surface area is 96.2 Å². The van der Waals surface area contributed by atoms with Gasteiger partial charge >= 0.3 is 0 Å². The number of hydrogen-bond acceptors (Lipinski definition) is 3. The number of thioether (sulfide) groups is 1. The van der Waals surface area contributed by atoms with Crippen molar-refractivity contribution >= 4 is 39.0 Å². The van der Waals surface area contributed by atoms with E-state index in [4.69, 9.17) is 5.73 Å². The van der Waals surface area contributed by atoms with Gasteiger partial charge in [-0.1, -0.05) is 0 Å². The standard InChI is InChI=1S/C9H14BrNS2/c1-12-3-2-8(11)5-9-4-7(10)6-13-9/h4,6,8H,2-3,5,11H2,1H3. The normalized spacial score (nSPS) is 13.2. The van der Waals surface area contributed by atoms with Crippen LogP contribution in [0.2, 0.25) is 0 Å². The molecule has 1 heterocycles. The minimum Gasteiger partial charge on any atom is -0.327 e. The summed E-state index contributed by atoms with van der Waals surface area (Å²) in [6.07, 6.45) is 4.24. The van der Waals surface area contributed by atoms with Gasteiger partial charge in [-0.3, -0.25) is 0 Å². The number of thiophene rings is 1. The quantitative estimate of drug-likeness (QED) is 0.896. The highest BCUT2D eigenvalue weighted by Crippen LogP contribution is 2.21. The van der Waals surface area contributed by atoms with Gasteiger partial charge in [0.15, 0.2) is 0 Å². The van der Waals surface area contributed by atoms with Crippen molar-refractivity contribution in [1.82, 2.24) is 0 Å². The van der Waals surface area contributed by atoms with Crippen LogP contribution in [-0.4, -0.2) is 18.1 Å². The van der Waals surface area contributed by atoms with Gasteiger partial charge in [0, 0.05) is 20.8 Å². The van der Waals surface area contributed by atoms with Gasteiger partial charge in [-0.15, -0.1) is 11.3 Å². The molecule has 0 radical (unpaired) electrons. The molecular weight excluding hydrogens is 266 g/mol. The Morgan fingerprint density at radius 1 is 1.69 bits per heavy atom. The molecule has 1 rings (SSSR count). The van der Waals surface area contributed by atoms with E-state index in [1.165, 1.54) is 9.35 Å². The fourth-order valence-electron chi connectivity index (χ4n) is 1.09. The van der Waals surface area contributed by atoms with Gasteiger partial charge in [0.1, 0.15) is 0 Å². The second-order valence-electron chi connectivity index (χ2n) is 2.98. The van der Waals surface area contributed by atoms with Crippen LogP contribution in [0.3, 0.4) is 0 Å². The predicted molar refractivity (Wildman–Crippen MR) is 66.7 cm³/mol. The molecule has 13 heavy (non-hydrogen) atoms. The summed E-state index contributed by atoms with van der Waals surface area (Å²) < 4.78 is 1.17. The first-order valence-electron chi connectivity index (χ1n) is 4.20. The largest absolute Gasteiger partial charge is 0.327 e. The minimum absolute atomic E-state index is 0.318. The molecule has 0 saturated carbocycles. The maximum absolute atomic E-state index is 5.98. The third kappa shape index (κ3) is 4.49. The number of rotatable bonds is 5. The summed E-state index contributed by atoms with van der Waals surface area (Å²) in [5, 5.41) is 2.11. The Balaban J connectivity index is 2.31. The summed E-state index contributed by atoms with van der Waals surface area (Å²) in [6, 6.07) is 2.47. The zero-order valence-electron chi connectivity index (χ0n) is 7.63. The van der Waals surface area contributed by atoms with Crippen LogP contribution >= 0.6 is 39.0 Å². The van der Waals surface area contributed by atoms with Crippen LogP contribution < -0.4 is 5.73 Å². The van der Waals surface area contributed by atoms with Crippen LogP contribution in [0.4, 0.5) is 0 Å². The van der Waals surface area contributed by atoms with E-state index in [0.29, 0.717) is 6.04 Å². The van der Waals surface area contributed by atoms with Gasteiger partial charge in [0.25, 0.3) is 0 Å². The fraction of sp³-hybridized carbons (Fsp3) is 0.556. The van der Waals surface area contributed by atoms with E-state index in [9.17, 15) is 0 Å². The molecule has 0 aliphatic carbocycles. The lowest BCUT2D eigenvalue weighted by Crippen LogP contribution is -2.22. The van der Waals surface area contributed by atoms with Gasteiger partial charge in [-0.2, -0.15) is 11.8 Å². The van der Waals surface area contributed by atoms with Gasteiger partial charge in [-0.25, -0.2) is 0 Å². The van der Waals surface area contributed by atoms with Crippen LogP contribution in [-0.2, 0) is 6.42 Å². The maximum atomic E-state index is 5.98. The molecule has 0 fully saturated rings. The van der Waals surface area contributed by atoms with Crippen LogP contribution in [0, 0.1) is 0 Å². The zero-order valence-corrected chi connectivity index (χ0v) is 10.8. The van der Waals surface area contributed by atoms with Gasteiger partial charge in [0.05, 0.1) is 0 Å². The van der Waals surface area contributed by atoms with Gasteiger partial charge in [0.2, 0.25) is 0 Å². The molecular formula is C9H14BrNS2. The Kier molecular flexibility index (Phi) is 5.39. The predicted octanol–water partition coefficient (Wildman–Crippen LogP) is 3.13. The van der Waals surface area contributed by atoms with Crippen molar-refractivity contribution in [2.45, 2.75) is 18.9 Å². The van der Waals surface area contributed by atoms with Crippen LogP contribution in [0.25, 0.3) is 0 Å². The third-order valence-electron chi connectivity index (χ3n) is 1.78. The molecule has 0 aromatic carbocycles. The monoisotopic (exact) mass is 279 g/mol. The molecule has 0 amide bonds. The Bertz CT molecular complexity index is 250. The van der Waals surface area contributed by atoms with E-state index in [1.807, 2.05) is 11.8 Å². The lowest BCUT2D eigenvalue weighted by atomic mass is 10.1. The van der Waals surface area contributed by atoms with Crippen molar-refractivity contribution in [3.8, 4) is 0 Å². The summed E-state index contributed by atoms with van der Waals surface area (Å²) in [5.74, 6) is 1.16. The highest BCUT2D eigenvalue weighted by atomic mass is 79.9. The second kappa shape index (κ2) is 6.06. The van der Waals surface area contributed by atoms with E-state index in [0.717, 1.165) is 18.6 Å². The van der Waals surface area contributed by atoms with E-state index < -0.39 is 0 Å². The fourth-order valence-corrected chi connectivity index (χ4v) is 3.17. The molecule has 74 valence electrons. The van der Waals surface area contributed by atoms with E-state index in [-0.39, 0.29) is 0 Å². The molecule has 0 aliphatic rings. The summed E-state index contributed by atoms with van der Waals surface area (Å²) in [6.45, 7) is 0. The number of halogens is 1. The molecule has 2 N–H and O–H groups in total. The van der Waals surface area contributed by atoms with Crippen molar-refractivity contribution in [3.05, 3.63) is 20.8 Å². The molecule has 1 nitrogen and oxygen atoms in total. The van der Waals surface area contributed by atoms with Crippen LogP contribution in [0.15, 0.2) is 15.9 Å². The molecule has 1 aromatic heterocycles. The zero-order chi connectivity index (χ0) is 9.68. The van der Waals surface area contributed by atoms with Crippen LogP contribution in [0.5, 0.6) is 0 Å². The average molecular weight is 280 g/mol. The Morgan fingerprint density at radius 3 is 3.00 bits per heavy atom. The average Bonchev–Trinajstić information content (AvgIpc) is 2.48. The summed E-state index contributed by atoms with van der Waals surface area (Å²) in [7, 11) is 0. The lowest BCUT2D eigenvalue weighted by Gasteiger charge is -2.08. The number of nitrogens with two attached hydrogens (primary N) is 1. The summed E-state index contributed by atoms with van der Waals surface area (Å²) in [5.41, 5.74) is 5.98. The van der Waals surface area contributed by atoms with Crippen LogP contribution in [0.1, 0.15) is 11.3 Å². The first-order valence-corrected chi connectivity index (χ1v) is 7.26. The SMILES string of the molecule is CSCCC(N)Cc1cc(Br)cs1. The van der Waals surface area contributed by atoms with Crippen molar-refractivity contribution in [2.24, 2.45) is 5.73 Å². The molecule has 4 heteroatoms. The van der Waals surface area contributed by atoms with Crippen molar-refractivity contribution in [3.63, 3.8) is 0 Å². The van der Waals surface area contributed by atoms with Gasteiger partial charge in [-0.05, 0) is 46.8 Å². The Hall–Kier alpha value is 0.490. The molecule has 0 spiro atoms. The second-order valence-corrected chi connectivity index (χ2v) is 5.87. The molecule has 0 saturated heterocycles. The molecule has 0 aliphatic heterocycles. The smallest absolute Gasteiger partial charge is 0.0285 e. The van der Waals surface area contributed by atoms with E-state index in [1.54, 1.807) is 11.3 Å². The topological polar surface area (TPSA) is 26.0 Å². The van der Waals surface area contributed by atoms with Crippen molar-refractivity contribution < 1.29 is 0 Å². The number of hydrogen-bond donors (Lipinski definition) is 1. The van der Waals surface area contributed by atoms with Gasteiger partial charge < -0.3 is 5.73 Å². The van der Waals surface area contributed by atoms with Crippen molar-refractivity contribution in [2.75, 3.05) is 12.0 Å². The van der Waals surface area contributed by atoms with E-state index in [2.05, 4.69) is 33.6 Å². The lowest BCUT2D eigenvalue weighted by molar-refractivity contribution is 0.657. The van der Waals surface area contributed by atoms with Crippen molar-refractivity contribution in [1.29, 1.82) is 0 Å². The highest BCUT2D eigenvalue weighted by molar-refractivity contribution is 9.10. The molecule has 1 unspecified atom stereocenters. The highest BCUT2D eigenvalue weighted by Gasteiger charge is 2.05. The first-order chi connectivity index (χ1) is 6.22. The van der Waals surface area contributed by atoms with E-state index >= 15 is 0 Å². The molecule has 1 aromatic rings. The minimum atomic E-state index is 0.318. The Morgan fingerprint density at radius 2 is 2.46 bits per heavy atom. The first kappa shape index (κ1) is 11.6. The maximum Gasteiger partial charge on any atom is 0.0285 e. The molecule has 0 bridgehead atoms. The summed E-state index contributed by atoms with van der Waals surface area (Å²) in [4.78, 5) is 1.38. The third-order valence-corrected chi connectivity index (χ3v) is 4.14. The molecule has 1 atom stereocenters.